The molecule has 3 fully saturated rings. The first kappa shape index (κ1) is 33.3. The van der Waals surface area contributed by atoms with Crippen LogP contribution in [-0.2, 0) is 51.2 Å². The molecule has 7 N–H and O–H groups in total. The molecule has 254 valence electrons. The van der Waals surface area contributed by atoms with E-state index in [0.717, 1.165) is 11.8 Å². The first-order valence-electron chi connectivity index (χ1n) is 13.7. The molecule has 0 saturated carbocycles. The van der Waals surface area contributed by atoms with Crippen LogP contribution in [0.25, 0.3) is 22.3 Å². The minimum atomic E-state index is -4.18. The summed E-state index contributed by atoms with van der Waals surface area (Å²) in [7, 11) is 1.17. The molecule has 4 aromatic heterocycles. The molecule has 0 radical (unpaired) electrons. The van der Waals surface area contributed by atoms with Crippen LogP contribution >= 0.6 is 25.2 Å². The number of halogens is 1. The highest BCUT2D eigenvalue weighted by atomic mass is 32.5. The lowest BCUT2D eigenvalue weighted by molar-refractivity contribution is -0.180. The Hall–Kier alpha value is -2.24. The van der Waals surface area contributed by atoms with Gasteiger partial charge in [0.1, 0.15) is 41.2 Å². The van der Waals surface area contributed by atoms with Crippen LogP contribution in [0.5, 0.6) is 0 Å². The van der Waals surface area contributed by atoms with Gasteiger partial charge in [0.05, 0.1) is 37.7 Å². The summed E-state index contributed by atoms with van der Waals surface area (Å²) in [5.74, 6) is 0.0242. The standard InChI is InChI=1S/C22H27FN10O9P2S3/c1-37-43(35,45)39-3-10-11(23)14(20(47-10)33-8-29-13-17(33)30-21(25)31-18(13)34)42-44(36,46)40-5-22-2-9(38-4-22)19(41-22)32-7-28-12-15(24)26-6-27-16(12)32/h6-11,14,19-20H,2-5H2,1H3,(H,35,45)(H,36,46)(H2,24,26,27)(H3,25,30,31,34)/t9-,10-,11+,14-,19-,20-,22-,43?,44?/m1/s1. The summed E-state index contributed by atoms with van der Waals surface area (Å²) in [6.45, 7) is -8.30. The average Bonchev–Trinajstić information content (AvgIpc) is 3.85. The molecule has 19 nitrogen and oxygen atoms in total. The first-order chi connectivity index (χ1) is 22.3. The number of nitrogens with one attached hydrogen (secondary N) is 1. The number of anilines is 2. The fourth-order valence-corrected chi connectivity index (χ4v) is 9.40. The van der Waals surface area contributed by atoms with Crippen molar-refractivity contribution in [2.75, 3.05) is 38.4 Å². The minimum absolute atomic E-state index is 0.0416. The molecule has 0 spiro atoms. The third-order valence-electron chi connectivity index (χ3n) is 7.85. The van der Waals surface area contributed by atoms with E-state index in [9.17, 15) is 14.6 Å². The lowest BCUT2D eigenvalue weighted by atomic mass is 10.0. The minimum Gasteiger partial charge on any atom is -0.382 e. The average molecular weight is 753 g/mol. The Morgan fingerprint density at radius 3 is 2.70 bits per heavy atom. The second kappa shape index (κ2) is 12.3. The number of alkyl halides is 1. The predicted octanol–water partition coefficient (Wildman–Crippen LogP) is 0.631. The van der Waals surface area contributed by atoms with Crippen LogP contribution in [-0.4, -0.2) is 105 Å². The largest absolute Gasteiger partial charge is 0.382 e. The summed E-state index contributed by atoms with van der Waals surface area (Å²) in [4.78, 5) is 56.8. The van der Waals surface area contributed by atoms with Gasteiger partial charge in [-0.3, -0.25) is 23.4 Å². The predicted molar refractivity (Wildman–Crippen MR) is 172 cm³/mol. The van der Waals surface area contributed by atoms with Crippen molar-refractivity contribution < 1.29 is 41.7 Å². The van der Waals surface area contributed by atoms with Crippen molar-refractivity contribution in [2.24, 2.45) is 0 Å². The number of thioether (sulfide) groups is 1. The van der Waals surface area contributed by atoms with Crippen molar-refractivity contribution in [1.82, 2.24) is 39.0 Å². The van der Waals surface area contributed by atoms with Crippen LogP contribution in [0.3, 0.4) is 0 Å². The number of fused-ring (bicyclic) bond motifs is 4. The quantitative estimate of drug-likeness (QED) is 0.132. The molecule has 7 rings (SSSR count). The van der Waals surface area contributed by atoms with Crippen LogP contribution in [0.15, 0.2) is 23.8 Å². The molecule has 0 aliphatic carbocycles. The summed E-state index contributed by atoms with van der Waals surface area (Å²) >= 11 is 11.2. The van der Waals surface area contributed by atoms with Crippen LogP contribution in [0.2, 0.25) is 0 Å². The first-order valence-corrected chi connectivity index (χ1v) is 19.8. The molecule has 47 heavy (non-hydrogen) atoms. The maximum absolute atomic E-state index is 16.1. The van der Waals surface area contributed by atoms with Gasteiger partial charge in [-0.15, -0.1) is 11.8 Å². The smallest absolute Gasteiger partial charge is 0.325 e. The van der Waals surface area contributed by atoms with Crippen LogP contribution in [0, 0.1) is 0 Å². The van der Waals surface area contributed by atoms with Gasteiger partial charge in [-0.2, -0.15) is 4.98 Å². The van der Waals surface area contributed by atoms with Gasteiger partial charge in [-0.25, -0.2) is 24.3 Å². The number of aromatic amines is 1. The van der Waals surface area contributed by atoms with Gasteiger partial charge in [-0.05, 0) is 23.6 Å². The Balaban J connectivity index is 1.10. The number of hydrogen-bond acceptors (Lipinski definition) is 17. The lowest BCUT2D eigenvalue weighted by Gasteiger charge is -2.32. The van der Waals surface area contributed by atoms with E-state index >= 15 is 4.39 Å². The number of H-pyrrole nitrogens is 1. The second-order valence-corrected chi connectivity index (χ2v) is 18.0. The fraction of sp³-hybridized carbons (Fsp3) is 0.545. The van der Waals surface area contributed by atoms with Gasteiger partial charge in [0.15, 0.2) is 28.9 Å². The maximum atomic E-state index is 16.1. The summed E-state index contributed by atoms with van der Waals surface area (Å²) in [5.41, 5.74) is 10.9. The van der Waals surface area contributed by atoms with Gasteiger partial charge in [0.2, 0.25) is 5.95 Å². The van der Waals surface area contributed by atoms with E-state index < -0.39 is 59.8 Å². The monoisotopic (exact) mass is 752 g/mol. The zero-order valence-electron chi connectivity index (χ0n) is 24.1. The van der Waals surface area contributed by atoms with Crippen molar-refractivity contribution in [3.05, 3.63) is 29.3 Å². The van der Waals surface area contributed by atoms with E-state index in [-0.39, 0.29) is 42.8 Å². The number of ether oxygens (including phenoxy) is 2. The van der Waals surface area contributed by atoms with Crippen LogP contribution in [0.4, 0.5) is 16.2 Å². The van der Waals surface area contributed by atoms with Crippen molar-refractivity contribution in [2.45, 2.75) is 47.3 Å². The van der Waals surface area contributed by atoms with Gasteiger partial charge < -0.3 is 44.3 Å². The molecule has 0 aromatic carbocycles. The molecule has 7 heterocycles. The van der Waals surface area contributed by atoms with E-state index in [1.165, 1.54) is 30.7 Å². The third kappa shape index (κ3) is 6.22. The van der Waals surface area contributed by atoms with E-state index in [0.29, 0.717) is 17.6 Å². The highest BCUT2D eigenvalue weighted by Gasteiger charge is 2.56. The van der Waals surface area contributed by atoms with Crippen molar-refractivity contribution in [3.63, 3.8) is 0 Å². The molecule has 2 unspecified atom stereocenters. The molecule has 2 bridgehead atoms. The van der Waals surface area contributed by atoms with E-state index in [2.05, 4.69) is 29.9 Å². The molecular weight excluding hydrogens is 725 g/mol. The number of hydrogen-bond donors (Lipinski definition) is 5. The highest BCUT2D eigenvalue weighted by molar-refractivity contribution is 8.07. The molecule has 4 aromatic rings. The Morgan fingerprint density at radius 1 is 1.15 bits per heavy atom. The molecule has 9 atom stereocenters. The molecule has 3 saturated heterocycles. The number of imidazole rings is 2. The van der Waals surface area contributed by atoms with E-state index in [4.69, 9.17) is 62.6 Å². The summed E-state index contributed by atoms with van der Waals surface area (Å²) in [5, 5.41) is -1.99. The van der Waals surface area contributed by atoms with Crippen molar-refractivity contribution in [3.8, 4) is 0 Å². The fourth-order valence-electron chi connectivity index (χ4n) is 5.67. The van der Waals surface area contributed by atoms with Gasteiger partial charge in [0.25, 0.3) is 5.56 Å². The summed E-state index contributed by atoms with van der Waals surface area (Å²) in [6, 6.07) is 0. The Morgan fingerprint density at radius 2 is 1.91 bits per heavy atom. The molecular formula is C22H27FN10O9P2S3. The molecule has 0 amide bonds. The Bertz CT molecular complexity index is 2000. The van der Waals surface area contributed by atoms with Gasteiger partial charge in [-0.1, -0.05) is 0 Å². The zero-order chi connectivity index (χ0) is 33.3. The third-order valence-corrected chi connectivity index (χ3v) is 12.6. The van der Waals surface area contributed by atoms with Crippen molar-refractivity contribution in [1.29, 1.82) is 0 Å². The van der Waals surface area contributed by atoms with Gasteiger partial charge >= 0.3 is 13.4 Å². The number of nitrogen functional groups attached to an aromatic ring is 2. The zero-order valence-corrected chi connectivity index (χ0v) is 28.3. The Kier molecular flexibility index (Phi) is 8.68. The van der Waals surface area contributed by atoms with Crippen LogP contribution in [0.1, 0.15) is 18.0 Å². The van der Waals surface area contributed by atoms with E-state index in [1.54, 1.807) is 4.57 Å². The number of nitrogens with two attached hydrogens (primary N) is 2. The molecule has 3 aliphatic heterocycles. The second-order valence-electron chi connectivity index (χ2n) is 10.9. The number of aromatic nitrogens is 8. The van der Waals surface area contributed by atoms with Crippen LogP contribution < -0.4 is 17.0 Å². The van der Waals surface area contributed by atoms with Gasteiger partial charge in [0, 0.05) is 13.5 Å². The topological polar surface area (TPSA) is 255 Å². The SMILES string of the molecule is COP(O)(=S)OC[C@H]1S[C@@H](n2cnc3c(=O)[nH]c(N)nc32)[C@H](OP(O)(=S)OC[C@]23CO[C@H](C2)[C@H](n2cnc4c(N)ncnc42)O3)[C@H]1F. The highest BCUT2D eigenvalue weighted by Crippen LogP contribution is 2.56. The number of rotatable bonds is 11. The maximum Gasteiger partial charge on any atom is 0.325 e. The lowest BCUT2D eigenvalue weighted by Crippen LogP contribution is -2.39. The van der Waals surface area contributed by atoms with Crippen molar-refractivity contribution >= 4 is 82.9 Å². The van der Waals surface area contributed by atoms with E-state index in [1.807, 2.05) is 0 Å². The number of nitrogens with zero attached hydrogens (tertiary/aromatic N) is 7. The normalized spacial score (nSPS) is 31.5. The summed E-state index contributed by atoms with van der Waals surface area (Å²) < 4.78 is 53.2. The molecule has 25 heteroatoms. The summed E-state index contributed by atoms with van der Waals surface area (Å²) in [6.07, 6.45) is 0.150. The Labute approximate surface area is 278 Å². The molecule has 3 aliphatic rings.